The second-order valence-electron chi connectivity index (χ2n) is 11.9. The van der Waals surface area contributed by atoms with Crippen molar-refractivity contribution in [3.63, 3.8) is 0 Å². The molecule has 3 rings (SSSR count). The van der Waals surface area contributed by atoms with Crippen molar-refractivity contribution in [3.05, 3.63) is 28.8 Å². The summed E-state index contributed by atoms with van der Waals surface area (Å²) in [7, 11) is 0. The zero-order valence-corrected chi connectivity index (χ0v) is 20.1. The standard InChI is InChI=1S/C25H39NOS/c1-22(2,3)18-12-16(21(27)19(13-18)23(4,5)6)15-26-28-20-14-17-10-11-25(20,9)24(17,7)8/h12-13,15,17,20,27H,10-11,14H2,1-9H3/b26-15+/t17-,20-,25+/m0/s1. The lowest BCUT2D eigenvalue weighted by molar-refractivity contribution is 0.156. The summed E-state index contributed by atoms with van der Waals surface area (Å²) in [6, 6.07) is 4.28. The molecule has 2 saturated carbocycles. The molecule has 2 aliphatic carbocycles. The molecule has 0 saturated heterocycles. The Kier molecular flexibility index (Phi) is 5.27. The van der Waals surface area contributed by atoms with Crippen molar-refractivity contribution in [1.82, 2.24) is 0 Å². The normalized spacial score (nSPS) is 29.8. The number of phenolic OH excluding ortho intramolecular Hbond substituents is 1. The van der Waals surface area contributed by atoms with Crippen LogP contribution in [0.15, 0.2) is 16.5 Å². The first kappa shape index (κ1) is 21.7. The van der Waals surface area contributed by atoms with Crippen molar-refractivity contribution >= 4 is 18.2 Å². The van der Waals surface area contributed by atoms with Gasteiger partial charge in [0.05, 0.1) is 0 Å². The van der Waals surface area contributed by atoms with Gasteiger partial charge >= 0.3 is 0 Å². The fourth-order valence-corrected chi connectivity index (χ4v) is 6.50. The fraction of sp³-hybridized carbons (Fsp3) is 0.720. The first-order chi connectivity index (χ1) is 12.7. The van der Waals surface area contributed by atoms with Gasteiger partial charge in [-0.1, -0.05) is 68.4 Å². The van der Waals surface area contributed by atoms with Gasteiger partial charge in [-0.25, -0.2) is 4.40 Å². The molecule has 1 aromatic carbocycles. The van der Waals surface area contributed by atoms with Crippen LogP contribution in [0.25, 0.3) is 0 Å². The number of aromatic hydroxyl groups is 1. The Morgan fingerprint density at radius 1 is 1.07 bits per heavy atom. The molecule has 0 radical (unpaired) electrons. The van der Waals surface area contributed by atoms with E-state index in [-0.39, 0.29) is 10.8 Å². The minimum atomic E-state index is -0.108. The molecule has 3 heteroatoms. The van der Waals surface area contributed by atoms with Gasteiger partial charge in [0.15, 0.2) is 0 Å². The van der Waals surface area contributed by atoms with E-state index in [0.29, 0.717) is 21.8 Å². The predicted octanol–water partition coefficient (Wildman–Crippen LogP) is 7.27. The van der Waals surface area contributed by atoms with Crippen LogP contribution < -0.4 is 0 Å². The summed E-state index contributed by atoms with van der Waals surface area (Å²) in [5.41, 5.74) is 3.79. The van der Waals surface area contributed by atoms with E-state index in [1.54, 1.807) is 11.9 Å². The van der Waals surface area contributed by atoms with Crippen molar-refractivity contribution in [2.45, 2.75) is 97.7 Å². The van der Waals surface area contributed by atoms with E-state index < -0.39 is 0 Å². The summed E-state index contributed by atoms with van der Waals surface area (Å²) < 4.78 is 4.79. The lowest BCUT2D eigenvalue weighted by Gasteiger charge is -2.38. The lowest BCUT2D eigenvalue weighted by atomic mass is 9.71. The molecule has 2 nitrogen and oxygen atoms in total. The van der Waals surface area contributed by atoms with Gasteiger partial charge in [0.1, 0.15) is 5.75 Å². The van der Waals surface area contributed by atoms with E-state index in [9.17, 15) is 5.11 Å². The van der Waals surface area contributed by atoms with Crippen LogP contribution in [-0.4, -0.2) is 16.6 Å². The van der Waals surface area contributed by atoms with Gasteiger partial charge in [-0.05, 0) is 70.4 Å². The van der Waals surface area contributed by atoms with Crippen LogP contribution in [0.4, 0.5) is 0 Å². The topological polar surface area (TPSA) is 32.6 Å². The number of rotatable bonds is 3. The molecular formula is C25H39NOS. The molecule has 0 amide bonds. The van der Waals surface area contributed by atoms with Gasteiger partial charge in [-0.3, -0.25) is 0 Å². The number of fused-ring (bicyclic) bond motifs is 2. The third kappa shape index (κ3) is 3.53. The zero-order chi connectivity index (χ0) is 21.1. The summed E-state index contributed by atoms with van der Waals surface area (Å²) in [6.07, 6.45) is 5.85. The van der Waals surface area contributed by atoms with E-state index in [0.717, 1.165) is 17.0 Å². The van der Waals surface area contributed by atoms with Gasteiger partial charge in [-0.15, -0.1) is 0 Å². The highest BCUT2D eigenvalue weighted by Crippen LogP contribution is 2.68. The van der Waals surface area contributed by atoms with Crippen LogP contribution in [0.5, 0.6) is 5.75 Å². The number of hydrogen-bond donors (Lipinski definition) is 1. The van der Waals surface area contributed by atoms with Crippen LogP contribution >= 0.6 is 11.9 Å². The van der Waals surface area contributed by atoms with Crippen molar-refractivity contribution in [2.75, 3.05) is 0 Å². The number of phenols is 1. The number of nitrogens with zero attached hydrogens (tertiary/aromatic N) is 1. The largest absolute Gasteiger partial charge is 0.507 e. The molecule has 3 atom stereocenters. The summed E-state index contributed by atoms with van der Waals surface area (Å²) in [5, 5.41) is 11.5. The van der Waals surface area contributed by atoms with E-state index >= 15 is 0 Å². The summed E-state index contributed by atoms with van der Waals surface area (Å²) in [5.74, 6) is 1.21. The Morgan fingerprint density at radius 3 is 2.18 bits per heavy atom. The van der Waals surface area contributed by atoms with E-state index in [1.165, 1.54) is 24.8 Å². The van der Waals surface area contributed by atoms with Crippen LogP contribution in [0.1, 0.15) is 98.3 Å². The summed E-state index contributed by atoms with van der Waals surface area (Å²) in [6.45, 7) is 20.5. The number of hydrogen-bond acceptors (Lipinski definition) is 3. The summed E-state index contributed by atoms with van der Waals surface area (Å²) in [4.78, 5) is 0. The van der Waals surface area contributed by atoms with Gasteiger partial charge in [-0.2, -0.15) is 0 Å². The maximum absolute atomic E-state index is 10.9. The Hall–Kier alpha value is -0.960. The predicted molar refractivity (Wildman–Crippen MR) is 124 cm³/mol. The lowest BCUT2D eigenvalue weighted by Crippen LogP contribution is -2.33. The van der Waals surface area contributed by atoms with Gasteiger partial charge in [0.25, 0.3) is 0 Å². The average molecular weight is 402 g/mol. The highest BCUT2D eigenvalue weighted by atomic mass is 32.2. The van der Waals surface area contributed by atoms with Crippen LogP contribution in [0.2, 0.25) is 0 Å². The fourth-order valence-electron chi connectivity index (χ4n) is 5.21. The molecule has 2 aliphatic rings. The molecule has 2 fully saturated rings. The van der Waals surface area contributed by atoms with E-state index in [1.807, 2.05) is 6.21 Å². The van der Waals surface area contributed by atoms with E-state index in [4.69, 9.17) is 4.40 Å². The Labute approximate surface area is 176 Å². The number of benzene rings is 1. The first-order valence-electron chi connectivity index (χ1n) is 10.7. The smallest absolute Gasteiger partial charge is 0.128 e. The van der Waals surface area contributed by atoms with Crippen molar-refractivity contribution < 1.29 is 5.11 Å². The SMILES string of the molecule is CC(C)(C)c1cc(/C=N/S[C@H]2C[C@@H]3CC[C@@]2(C)C3(C)C)c(O)c(C(C)(C)C)c1. The molecule has 156 valence electrons. The van der Waals surface area contributed by atoms with Gasteiger partial charge in [0, 0.05) is 22.6 Å². The average Bonchev–Trinajstić information content (AvgIpc) is 2.87. The molecular weight excluding hydrogens is 362 g/mol. The Balaban J connectivity index is 1.88. The van der Waals surface area contributed by atoms with Crippen LogP contribution in [0, 0.1) is 16.7 Å². The second kappa shape index (κ2) is 6.79. The minimum Gasteiger partial charge on any atom is -0.507 e. The van der Waals surface area contributed by atoms with Crippen molar-refractivity contribution in [3.8, 4) is 5.75 Å². The molecule has 0 spiro atoms. The maximum atomic E-state index is 10.9. The molecule has 0 unspecified atom stereocenters. The van der Waals surface area contributed by atoms with Gasteiger partial charge in [0.2, 0.25) is 0 Å². The highest BCUT2D eigenvalue weighted by molar-refractivity contribution is 7.98. The minimum absolute atomic E-state index is 0.0333. The monoisotopic (exact) mass is 401 g/mol. The highest BCUT2D eigenvalue weighted by Gasteiger charge is 2.61. The van der Waals surface area contributed by atoms with Crippen molar-refractivity contribution in [1.29, 1.82) is 0 Å². The first-order valence-corrected chi connectivity index (χ1v) is 11.6. The zero-order valence-electron chi connectivity index (χ0n) is 19.3. The molecule has 0 aliphatic heterocycles. The molecule has 2 bridgehead atoms. The molecule has 28 heavy (non-hydrogen) atoms. The maximum Gasteiger partial charge on any atom is 0.128 e. The Bertz CT molecular complexity index is 781. The molecule has 0 heterocycles. The summed E-state index contributed by atoms with van der Waals surface area (Å²) >= 11 is 1.74. The Morgan fingerprint density at radius 2 is 1.71 bits per heavy atom. The third-order valence-corrected chi connectivity index (χ3v) is 9.10. The molecule has 0 aromatic heterocycles. The van der Waals surface area contributed by atoms with Crippen LogP contribution in [0.3, 0.4) is 0 Å². The molecule has 1 N–H and O–H groups in total. The van der Waals surface area contributed by atoms with Gasteiger partial charge < -0.3 is 5.11 Å². The van der Waals surface area contributed by atoms with E-state index in [2.05, 4.69) is 74.4 Å². The third-order valence-electron chi connectivity index (χ3n) is 7.91. The van der Waals surface area contributed by atoms with Crippen molar-refractivity contribution in [2.24, 2.45) is 21.1 Å². The quantitative estimate of drug-likeness (QED) is 0.426. The van der Waals surface area contributed by atoms with Crippen LogP contribution in [-0.2, 0) is 10.8 Å². The molecule has 1 aromatic rings. The second-order valence-corrected chi connectivity index (χ2v) is 12.9.